The summed E-state index contributed by atoms with van der Waals surface area (Å²) in [5.74, 6) is 1.62. The standard InChI is InChI=1S/C18H20N2OS/c21-15(17-19-14-3-1-2-4-16(14)22-17)11-13-12-5-9-20(10-6-12)18(13)7-8-18/h1-4,12-13H,5-11H2/t13-/m1/s1. The number of Topliss-reactive ketones (excluding diaryl/α,β-unsaturated/α-hetero) is 1. The Morgan fingerprint density at radius 2 is 2.05 bits per heavy atom. The molecule has 1 aromatic heterocycles. The zero-order valence-corrected chi connectivity index (χ0v) is 13.4. The molecule has 2 bridgehead atoms. The summed E-state index contributed by atoms with van der Waals surface area (Å²) >= 11 is 1.56. The quantitative estimate of drug-likeness (QED) is 0.809. The van der Waals surface area contributed by atoms with Crippen molar-refractivity contribution >= 4 is 27.3 Å². The van der Waals surface area contributed by atoms with E-state index in [2.05, 4.69) is 16.0 Å². The van der Waals surface area contributed by atoms with Crippen LogP contribution in [0.1, 0.15) is 41.9 Å². The van der Waals surface area contributed by atoms with Crippen LogP contribution in [0.5, 0.6) is 0 Å². The molecule has 22 heavy (non-hydrogen) atoms. The Labute approximate surface area is 134 Å². The number of hydrogen-bond donors (Lipinski definition) is 0. The van der Waals surface area contributed by atoms with Crippen molar-refractivity contribution in [2.75, 3.05) is 13.1 Å². The maximum absolute atomic E-state index is 12.8. The summed E-state index contributed by atoms with van der Waals surface area (Å²) in [6.07, 6.45) is 5.91. The molecule has 2 aromatic rings. The van der Waals surface area contributed by atoms with Gasteiger partial charge in [-0.1, -0.05) is 12.1 Å². The van der Waals surface area contributed by atoms with Crippen molar-refractivity contribution in [1.29, 1.82) is 0 Å². The first-order valence-electron chi connectivity index (χ1n) is 8.40. The van der Waals surface area contributed by atoms with E-state index in [1.165, 1.54) is 38.8 Å². The third-order valence-electron chi connectivity index (χ3n) is 6.13. The zero-order valence-electron chi connectivity index (χ0n) is 12.6. The molecule has 4 heteroatoms. The number of thiazole rings is 1. The molecule has 6 rings (SSSR count). The molecule has 0 amide bonds. The third kappa shape index (κ3) is 1.83. The monoisotopic (exact) mass is 312 g/mol. The topological polar surface area (TPSA) is 33.2 Å². The van der Waals surface area contributed by atoms with Crippen LogP contribution in [-0.4, -0.2) is 34.3 Å². The van der Waals surface area contributed by atoms with Crippen LogP contribution in [0.25, 0.3) is 10.2 Å². The molecule has 4 aliphatic rings. The molecule has 0 N–H and O–H groups in total. The van der Waals surface area contributed by atoms with Crippen LogP contribution in [0.2, 0.25) is 0 Å². The van der Waals surface area contributed by atoms with Gasteiger partial charge in [0.15, 0.2) is 10.8 Å². The van der Waals surface area contributed by atoms with Gasteiger partial charge in [-0.15, -0.1) is 11.3 Å². The second-order valence-electron chi connectivity index (χ2n) is 7.15. The normalized spacial score (nSPS) is 31.7. The summed E-state index contributed by atoms with van der Waals surface area (Å²) in [5, 5.41) is 0.716. The summed E-state index contributed by atoms with van der Waals surface area (Å²) < 4.78 is 1.13. The lowest BCUT2D eigenvalue weighted by Gasteiger charge is -2.52. The number of piperidine rings is 3. The Kier molecular flexibility index (Phi) is 2.77. The van der Waals surface area contributed by atoms with Crippen LogP contribution in [0, 0.1) is 11.8 Å². The van der Waals surface area contributed by atoms with Gasteiger partial charge in [0.1, 0.15) is 0 Å². The second kappa shape index (κ2) is 4.62. The van der Waals surface area contributed by atoms with E-state index in [-0.39, 0.29) is 5.78 Å². The van der Waals surface area contributed by atoms with Crippen LogP contribution in [0.4, 0.5) is 0 Å². The Hall–Kier alpha value is -1.26. The van der Waals surface area contributed by atoms with E-state index in [9.17, 15) is 4.79 Å². The minimum Gasteiger partial charge on any atom is -0.297 e. The molecule has 114 valence electrons. The van der Waals surface area contributed by atoms with E-state index >= 15 is 0 Å². The van der Waals surface area contributed by atoms with Gasteiger partial charge >= 0.3 is 0 Å². The first kappa shape index (κ1) is 13.2. The summed E-state index contributed by atoms with van der Waals surface area (Å²) in [7, 11) is 0. The van der Waals surface area contributed by atoms with Gasteiger partial charge < -0.3 is 0 Å². The molecular weight excluding hydrogens is 292 g/mol. The van der Waals surface area contributed by atoms with Gasteiger partial charge in [0.25, 0.3) is 0 Å². The molecule has 3 saturated heterocycles. The lowest BCUT2D eigenvalue weighted by atomic mass is 9.70. The van der Waals surface area contributed by atoms with Crippen LogP contribution in [0.3, 0.4) is 0 Å². The number of ketones is 1. The van der Waals surface area contributed by atoms with Crippen molar-refractivity contribution in [3.8, 4) is 0 Å². The highest BCUT2D eigenvalue weighted by Gasteiger charge is 2.60. The van der Waals surface area contributed by atoms with Crippen molar-refractivity contribution in [2.24, 2.45) is 11.8 Å². The molecule has 4 heterocycles. The third-order valence-corrected chi connectivity index (χ3v) is 7.21. The van der Waals surface area contributed by atoms with E-state index in [1.807, 2.05) is 18.2 Å². The summed E-state index contributed by atoms with van der Waals surface area (Å²) in [5.41, 5.74) is 1.36. The fourth-order valence-corrected chi connectivity index (χ4v) is 5.78. The molecule has 1 aliphatic carbocycles. The smallest absolute Gasteiger partial charge is 0.191 e. The van der Waals surface area contributed by atoms with E-state index in [1.54, 1.807) is 11.3 Å². The molecule has 4 fully saturated rings. The number of carbonyl (C=O) groups excluding carboxylic acids is 1. The number of benzene rings is 1. The highest BCUT2D eigenvalue weighted by atomic mass is 32.1. The van der Waals surface area contributed by atoms with Gasteiger partial charge in [0.05, 0.1) is 10.2 Å². The molecule has 0 radical (unpaired) electrons. The SMILES string of the molecule is O=C(C[C@@H]1C2CCN(CC2)C12CC2)c1nc2ccccc2s1. The predicted octanol–water partition coefficient (Wildman–Crippen LogP) is 3.74. The Morgan fingerprint density at radius 3 is 2.77 bits per heavy atom. The van der Waals surface area contributed by atoms with Crippen LogP contribution < -0.4 is 0 Å². The number of rotatable bonds is 3. The van der Waals surface area contributed by atoms with Crippen LogP contribution >= 0.6 is 11.3 Å². The molecule has 1 spiro atoms. The molecule has 3 nitrogen and oxygen atoms in total. The molecule has 1 saturated carbocycles. The second-order valence-corrected chi connectivity index (χ2v) is 8.18. The van der Waals surface area contributed by atoms with Crippen molar-refractivity contribution in [1.82, 2.24) is 9.88 Å². The average Bonchev–Trinajstić information content (AvgIpc) is 3.20. The first-order valence-corrected chi connectivity index (χ1v) is 9.22. The molecule has 1 aromatic carbocycles. The number of fused-ring (bicyclic) bond motifs is 3. The van der Waals surface area contributed by atoms with Crippen molar-refractivity contribution < 1.29 is 4.79 Å². The average molecular weight is 312 g/mol. The predicted molar refractivity (Wildman–Crippen MR) is 88.3 cm³/mol. The van der Waals surface area contributed by atoms with Gasteiger partial charge in [-0.05, 0) is 62.7 Å². The highest BCUT2D eigenvalue weighted by molar-refractivity contribution is 7.20. The fraction of sp³-hybridized carbons (Fsp3) is 0.556. The molecule has 0 unspecified atom stereocenters. The van der Waals surface area contributed by atoms with Crippen LogP contribution in [0.15, 0.2) is 24.3 Å². The number of carbonyl (C=O) groups is 1. The van der Waals surface area contributed by atoms with Gasteiger partial charge in [0, 0.05) is 12.0 Å². The molecule has 1 atom stereocenters. The number of nitrogens with zero attached hydrogens (tertiary/aromatic N) is 2. The largest absolute Gasteiger partial charge is 0.297 e. The fourth-order valence-electron chi connectivity index (χ4n) is 4.87. The van der Waals surface area contributed by atoms with Crippen molar-refractivity contribution in [2.45, 2.75) is 37.6 Å². The highest BCUT2D eigenvalue weighted by Crippen LogP contribution is 2.58. The van der Waals surface area contributed by atoms with Gasteiger partial charge in [0.2, 0.25) is 0 Å². The zero-order chi connectivity index (χ0) is 14.7. The minimum absolute atomic E-state index is 0.270. The van der Waals surface area contributed by atoms with E-state index in [0.29, 0.717) is 22.9 Å². The minimum atomic E-state index is 0.270. The maximum Gasteiger partial charge on any atom is 0.191 e. The van der Waals surface area contributed by atoms with Gasteiger partial charge in [-0.2, -0.15) is 0 Å². The molecular formula is C18H20N2OS. The summed E-state index contributed by atoms with van der Waals surface area (Å²) in [4.78, 5) is 20.1. The molecule has 3 aliphatic heterocycles. The van der Waals surface area contributed by atoms with Crippen molar-refractivity contribution in [3.05, 3.63) is 29.3 Å². The number of para-hydroxylation sites is 1. The van der Waals surface area contributed by atoms with Gasteiger partial charge in [-0.3, -0.25) is 9.69 Å². The van der Waals surface area contributed by atoms with Gasteiger partial charge in [-0.25, -0.2) is 4.98 Å². The Balaban J connectivity index is 1.42. The Morgan fingerprint density at radius 1 is 1.27 bits per heavy atom. The number of aromatic nitrogens is 1. The lowest BCUT2D eigenvalue weighted by molar-refractivity contribution is -0.0274. The first-order chi connectivity index (χ1) is 10.8. The van der Waals surface area contributed by atoms with E-state index < -0.39 is 0 Å². The Bertz CT molecular complexity index is 707. The summed E-state index contributed by atoms with van der Waals surface area (Å²) in [6.45, 7) is 2.52. The number of hydrogen-bond acceptors (Lipinski definition) is 4. The van der Waals surface area contributed by atoms with Crippen molar-refractivity contribution in [3.63, 3.8) is 0 Å². The van der Waals surface area contributed by atoms with Crippen LogP contribution in [-0.2, 0) is 0 Å². The van der Waals surface area contributed by atoms with E-state index in [0.717, 1.165) is 16.1 Å². The maximum atomic E-state index is 12.8. The summed E-state index contributed by atoms with van der Waals surface area (Å²) in [6, 6.07) is 8.06. The lowest BCUT2D eigenvalue weighted by Crippen LogP contribution is -2.57. The van der Waals surface area contributed by atoms with E-state index in [4.69, 9.17) is 0 Å².